The summed E-state index contributed by atoms with van der Waals surface area (Å²) < 4.78 is 4.35. The maximum Gasteiger partial charge on any atom is 0.244 e. The number of nitrogens with zero attached hydrogens (tertiary/aromatic N) is 2. The topological polar surface area (TPSA) is 8.81 Å². The van der Waals surface area contributed by atoms with Crippen LogP contribution in [-0.2, 0) is 13.1 Å². The number of halogens is 1. The normalized spacial score (nSPS) is 9.71. The van der Waals surface area contributed by atoms with Crippen LogP contribution in [-0.4, -0.2) is 4.57 Å². The molecule has 2 nitrogen and oxygen atoms in total. The highest BCUT2D eigenvalue weighted by atomic mass is 35.5. The maximum atomic E-state index is 3.75. The summed E-state index contributed by atoms with van der Waals surface area (Å²) in [7, 11) is 0. The third kappa shape index (κ3) is 3.46. The van der Waals surface area contributed by atoms with Gasteiger partial charge in [-0.15, -0.1) is 0 Å². The Morgan fingerprint density at radius 2 is 2.00 bits per heavy atom. The fourth-order valence-electron chi connectivity index (χ4n) is 1.69. The number of hydrogen-bond acceptors (Lipinski definition) is 0. The van der Waals surface area contributed by atoms with Crippen molar-refractivity contribution in [1.82, 2.24) is 4.57 Å². The minimum atomic E-state index is 0. The maximum absolute atomic E-state index is 3.75. The molecule has 0 N–H and O–H groups in total. The van der Waals surface area contributed by atoms with Gasteiger partial charge in [0.15, 0.2) is 0 Å². The minimum Gasteiger partial charge on any atom is -1.00 e. The van der Waals surface area contributed by atoms with Crippen LogP contribution in [0.2, 0.25) is 0 Å². The Hall–Kier alpha value is -1.54. The first-order valence-electron chi connectivity index (χ1n) is 5.58. The van der Waals surface area contributed by atoms with E-state index in [2.05, 4.69) is 65.6 Å². The molecule has 1 aromatic carbocycles. The summed E-state index contributed by atoms with van der Waals surface area (Å²) in [5.41, 5.74) is 2.48. The highest BCUT2D eigenvalue weighted by Crippen LogP contribution is 2.06. The number of imidazole rings is 1. The van der Waals surface area contributed by atoms with E-state index in [1.54, 1.807) is 0 Å². The van der Waals surface area contributed by atoms with E-state index in [1.165, 1.54) is 11.1 Å². The third-order valence-corrected chi connectivity index (χ3v) is 2.69. The molecule has 90 valence electrons. The van der Waals surface area contributed by atoms with Crippen LogP contribution in [0.25, 0.3) is 6.08 Å². The van der Waals surface area contributed by atoms with Gasteiger partial charge in [0.2, 0.25) is 6.33 Å². The summed E-state index contributed by atoms with van der Waals surface area (Å²) in [4.78, 5) is 0. The fraction of sp³-hybridized carbons (Fsp3) is 0.214. The lowest BCUT2D eigenvalue weighted by Gasteiger charge is -1.98. The highest BCUT2D eigenvalue weighted by Gasteiger charge is 2.02. The molecule has 0 fully saturated rings. The van der Waals surface area contributed by atoms with Crippen LogP contribution in [0.4, 0.5) is 0 Å². The molecule has 0 saturated heterocycles. The van der Waals surface area contributed by atoms with Crippen molar-refractivity contribution in [2.75, 3.05) is 0 Å². The molecule has 0 bridgehead atoms. The zero-order valence-corrected chi connectivity index (χ0v) is 10.8. The largest absolute Gasteiger partial charge is 1.00 e. The summed E-state index contributed by atoms with van der Waals surface area (Å²) in [6.07, 6.45) is 8.19. The van der Waals surface area contributed by atoms with Crippen molar-refractivity contribution in [3.8, 4) is 0 Å². The molecule has 2 aromatic rings. The average Bonchev–Trinajstić information content (AvgIpc) is 2.78. The van der Waals surface area contributed by atoms with Crippen LogP contribution in [0.1, 0.15) is 18.1 Å². The first-order valence-corrected chi connectivity index (χ1v) is 5.58. The Morgan fingerprint density at radius 3 is 2.53 bits per heavy atom. The van der Waals surface area contributed by atoms with E-state index in [9.17, 15) is 0 Å². The molecular weight excluding hydrogens is 232 g/mol. The Bertz CT molecular complexity index is 471. The molecule has 0 aliphatic rings. The minimum absolute atomic E-state index is 0. The second-order valence-corrected chi connectivity index (χ2v) is 3.86. The zero-order chi connectivity index (χ0) is 11.4. The van der Waals surface area contributed by atoms with Crippen molar-refractivity contribution < 1.29 is 17.0 Å². The molecule has 0 amide bonds. The SMILES string of the molecule is C=Cc1ccc(Cn2cc[n+](CC)c2)cc1.[Cl-]. The van der Waals surface area contributed by atoms with Crippen molar-refractivity contribution in [2.45, 2.75) is 20.0 Å². The standard InChI is InChI=1S/C14H17N2.ClH/c1-3-13-5-7-14(8-6-13)11-16-10-9-15(4-2)12-16;/h3,5-10,12H,1,4,11H2,2H3;1H/q+1;/p-1. The first-order chi connectivity index (χ1) is 7.81. The quantitative estimate of drug-likeness (QED) is 0.645. The zero-order valence-electron chi connectivity index (χ0n) is 10.0. The molecule has 0 radical (unpaired) electrons. The van der Waals surface area contributed by atoms with Gasteiger partial charge in [0.1, 0.15) is 18.9 Å². The first kappa shape index (κ1) is 13.5. The predicted octanol–water partition coefficient (Wildman–Crippen LogP) is -0.509. The number of aromatic nitrogens is 2. The van der Waals surface area contributed by atoms with E-state index >= 15 is 0 Å². The van der Waals surface area contributed by atoms with Gasteiger partial charge >= 0.3 is 0 Å². The fourth-order valence-corrected chi connectivity index (χ4v) is 1.69. The molecule has 1 aromatic heterocycles. The Kier molecular flexibility index (Phi) is 4.98. The third-order valence-electron chi connectivity index (χ3n) is 2.69. The monoisotopic (exact) mass is 248 g/mol. The van der Waals surface area contributed by atoms with Gasteiger partial charge < -0.3 is 12.4 Å². The average molecular weight is 249 g/mol. The van der Waals surface area contributed by atoms with Crippen LogP contribution >= 0.6 is 0 Å². The number of aryl methyl sites for hydroxylation is 1. The summed E-state index contributed by atoms with van der Waals surface area (Å²) in [5, 5.41) is 0. The molecule has 0 aliphatic carbocycles. The van der Waals surface area contributed by atoms with Gasteiger partial charge in [-0.05, 0) is 18.1 Å². The number of rotatable bonds is 4. The Balaban J connectivity index is 0.00000144. The van der Waals surface area contributed by atoms with Crippen molar-refractivity contribution in [1.29, 1.82) is 0 Å². The molecule has 2 rings (SSSR count). The van der Waals surface area contributed by atoms with E-state index < -0.39 is 0 Å². The van der Waals surface area contributed by atoms with E-state index in [0.717, 1.165) is 13.1 Å². The van der Waals surface area contributed by atoms with E-state index in [1.807, 2.05) is 6.08 Å². The molecule has 17 heavy (non-hydrogen) atoms. The van der Waals surface area contributed by atoms with Crippen LogP contribution in [0.15, 0.2) is 49.6 Å². The van der Waals surface area contributed by atoms with Gasteiger partial charge in [-0.2, -0.15) is 0 Å². The van der Waals surface area contributed by atoms with Crippen LogP contribution in [0, 0.1) is 0 Å². The number of benzene rings is 1. The van der Waals surface area contributed by atoms with Gasteiger partial charge in [0.25, 0.3) is 0 Å². The van der Waals surface area contributed by atoms with Crippen molar-refractivity contribution in [3.05, 3.63) is 60.7 Å². The summed E-state index contributed by atoms with van der Waals surface area (Å²) >= 11 is 0. The second-order valence-electron chi connectivity index (χ2n) is 3.86. The number of hydrogen-bond donors (Lipinski definition) is 0. The molecule has 0 aliphatic heterocycles. The smallest absolute Gasteiger partial charge is 0.244 e. The van der Waals surface area contributed by atoms with Crippen LogP contribution in [0.3, 0.4) is 0 Å². The van der Waals surface area contributed by atoms with Gasteiger partial charge in [0, 0.05) is 0 Å². The summed E-state index contributed by atoms with van der Waals surface area (Å²) in [6, 6.07) is 8.49. The second kappa shape index (κ2) is 6.26. The Morgan fingerprint density at radius 1 is 1.29 bits per heavy atom. The summed E-state index contributed by atoms with van der Waals surface area (Å²) in [6.45, 7) is 7.83. The lowest BCUT2D eigenvalue weighted by atomic mass is 10.1. The van der Waals surface area contributed by atoms with Crippen molar-refractivity contribution in [3.63, 3.8) is 0 Å². The molecule has 3 heteroatoms. The van der Waals surface area contributed by atoms with E-state index in [0.29, 0.717) is 0 Å². The molecule has 1 heterocycles. The van der Waals surface area contributed by atoms with Gasteiger partial charge in [0.05, 0.1) is 6.54 Å². The van der Waals surface area contributed by atoms with Crippen molar-refractivity contribution in [2.24, 2.45) is 0 Å². The molecule has 0 spiro atoms. The van der Waals surface area contributed by atoms with Gasteiger partial charge in [-0.1, -0.05) is 36.9 Å². The van der Waals surface area contributed by atoms with Crippen LogP contribution < -0.4 is 17.0 Å². The Labute approximate surface area is 109 Å². The molecule has 0 unspecified atom stereocenters. The van der Waals surface area contributed by atoms with E-state index in [4.69, 9.17) is 0 Å². The van der Waals surface area contributed by atoms with Crippen LogP contribution in [0.5, 0.6) is 0 Å². The lowest BCUT2D eigenvalue weighted by molar-refractivity contribution is -0.693. The molecule has 0 atom stereocenters. The van der Waals surface area contributed by atoms with E-state index in [-0.39, 0.29) is 12.4 Å². The summed E-state index contributed by atoms with van der Waals surface area (Å²) in [5.74, 6) is 0. The highest BCUT2D eigenvalue weighted by molar-refractivity contribution is 5.47. The molecule has 0 saturated carbocycles. The predicted molar refractivity (Wildman–Crippen MR) is 65.9 cm³/mol. The molecular formula is C14H17ClN2. The van der Waals surface area contributed by atoms with Gasteiger partial charge in [-0.3, -0.25) is 0 Å². The van der Waals surface area contributed by atoms with Gasteiger partial charge in [-0.25, -0.2) is 9.13 Å². The lowest BCUT2D eigenvalue weighted by Crippen LogP contribution is -3.00. The van der Waals surface area contributed by atoms with Crippen molar-refractivity contribution >= 4 is 6.08 Å².